The first kappa shape index (κ1) is 18.4. The van der Waals surface area contributed by atoms with E-state index in [1.165, 1.54) is 12.1 Å². The minimum absolute atomic E-state index is 0.0248. The number of rotatable bonds is 7. The largest absolute Gasteiger partial charge is 0.481 e. The molecule has 0 aromatic heterocycles. The van der Waals surface area contributed by atoms with Gasteiger partial charge in [-0.05, 0) is 31.4 Å². The Balaban J connectivity index is 3.08. The van der Waals surface area contributed by atoms with Crippen molar-refractivity contribution in [1.82, 2.24) is 5.32 Å². The number of nitro groups is 1. The first-order valence-corrected chi connectivity index (χ1v) is 7.24. The number of benzene rings is 1. The standard InChI is InChI=1S/C15H21N3O5/c1-4-15(5-2,14(20)21)8-17-13(19)10-6-9(3)7-11(12(10)16)18(22)23/h6-7H,4-5,8,16H2,1-3H3,(H,17,19)(H,20,21). The Labute approximate surface area is 133 Å². The molecule has 0 aliphatic heterocycles. The van der Waals surface area contributed by atoms with E-state index in [1.54, 1.807) is 20.8 Å². The molecule has 126 valence electrons. The van der Waals surface area contributed by atoms with Crippen LogP contribution in [0, 0.1) is 22.5 Å². The zero-order valence-electron chi connectivity index (χ0n) is 13.4. The molecule has 8 nitrogen and oxygen atoms in total. The Bertz CT molecular complexity index is 638. The van der Waals surface area contributed by atoms with Crippen molar-refractivity contribution < 1.29 is 19.6 Å². The number of nitro benzene ring substituents is 1. The molecule has 0 saturated carbocycles. The molecule has 0 saturated heterocycles. The second-order valence-corrected chi connectivity index (χ2v) is 5.48. The average Bonchev–Trinajstić information content (AvgIpc) is 2.49. The third-order valence-corrected chi connectivity index (χ3v) is 4.14. The number of hydrogen-bond donors (Lipinski definition) is 3. The lowest BCUT2D eigenvalue weighted by Gasteiger charge is -2.26. The van der Waals surface area contributed by atoms with E-state index in [0.29, 0.717) is 18.4 Å². The van der Waals surface area contributed by atoms with Crippen LogP contribution in [0.2, 0.25) is 0 Å². The molecule has 1 amide bonds. The van der Waals surface area contributed by atoms with E-state index < -0.39 is 22.2 Å². The maximum atomic E-state index is 12.3. The second-order valence-electron chi connectivity index (χ2n) is 5.48. The predicted molar refractivity (Wildman–Crippen MR) is 85.2 cm³/mol. The number of hydrogen-bond acceptors (Lipinski definition) is 5. The summed E-state index contributed by atoms with van der Waals surface area (Å²) in [5.41, 5.74) is 4.55. The molecule has 0 bridgehead atoms. The van der Waals surface area contributed by atoms with E-state index in [4.69, 9.17) is 5.73 Å². The van der Waals surface area contributed by atoms with Gasteiger partial charge in [0, 0.05) is 12.6 Å². The quantitative estimate of drug-likeness (QED) is 0.399. The minimum Gasteiger partial charge on any atom is -0.481 e. The maximum Gasteiger partial charge on any atom is 0.311 e. The van der Waals surface area contributed by atoms with Crippen LogP contribution in [0.25, 0.3) is 0 Å². The van der Waals surface area contributed by atoms with Gasteiger partial charge in [0.2, 0.25) is 0 Å². The van der Waals surface area contributed by atoms with Crippen LogP contribution in [0.5, 0.6) is 0 Å². The fraction of sp³-hybridized carbons (Fsp3) is 0.467. The van der Waals surface area contributed by atoms with Crippen molar-refractivity contribution in [2.75, 3.05) is 12.3 Å². The molecule has 0 radical (unpaired) electrons. The Morgan fingerprint density at radius 2 is 1.91 bits per heavy atom. The summed E-state index contributed by atoms with van der Waals surface area (Å²) < 4.78 is 0. The van der Waals surface area contributed by atoms with Crippen molar-refractivity contribution in [3.63, 3.8) is 0 Å². The van der Waals surface area contributed by atoms with Crippen molar-refractivity contribution in [3.05, 3.63) is 33.4 Å². The molecule has 1 aromatic rings. The summed E-state index contributed by atoms with van der Waals surface area (Å²) in [6.07, 6.45) is 0.700. The Kier molecular flexibility index (Phi) is 5.67. The Morgan fingerprint density at radius 1 is 1.35 bits per heavy atom. The Hall–Kier alpha value is -2.64. The minimum atomic E-state index is -1.07. The van der Waals surface area contributed by atoms with E-state index in [0.717, 1.165) is 0 Å². The second kappa shape index (κ2) is 7.08. The summed E-state index contributed by atoms with van der Waals surface area (Å²) in [6.45, 7) is 5.00. The fourth-order valence-electron chi connectivity index (χ4n) is 2.34. The van der Waals surface area contributed by atoms with E-state index in [2.05, 4.69) is 5.32 Å². The van der Waals surface area contributed by atoms with Gasteiger partial charge < -0.3 is 16.2 Å². The topological polar surface area (TPSA) is 136 Å². The summed E-state index contributed by atoms with van der Waals surface area (Å²) in [4.78, 5) is 34.0. The van der Waals surface area contributed by atoms with Crippen LogP contribution in [0.4, 0.5) is 11.4 Å². The molecular formula is C15H21N3O5. The van der Waals surface area contributed by atoms with Crippen LogP contribution in [0.1, 0.15) is 42.6 Å². The monoisotopic (exact) mass is 323 g/mol. The lowest BCUT2D eigenvalue weighted by molar-refractivity contribution is -0.384. The third kappa shape index (κ3) is 3.77. The number of aliphatic carboxylic acids is 1. The van der Waals surface area contributed by atoms with Gasteiger partial charge in [-0.3, -0.25) is 19.7 Å². The third-order valence-electron chi connectivity index (χ3n) is 4.14. The van der Waals surface area contributed by atoms with Gasteiger partial charge in [-0.25, -0.2) is 0 Å². The molecule has 0 spiro atoms. The van der Waals surface area contributed by atoms with Gasteiger partial charge >= 0.3 is 5.97 Å². The SMILES string of the molecule is CCC(CC)(CNC(=O)c1cc(C)cc([N+](=O)[O-])c1N)C(=O)O. The molecule has 4 N–H and O–H groups in total. The summed E-state index contributed by atoms with van der Waals surface area (Å²) in [5, 5.41) is 22.9. The zero-order valence-corrected chi connectivity index (χ0v) is 13.4. The van der Waals surface area contributed by atoms with Crippen LogP contribution in [0.3, 0.4) is 0 Å². The number of aryl methyl sites for hydroxylation is 1. The fourth-order valence-corrected chi connectivity index (χ4v) is 2.34. The molecule has 0 aliphatic carbocycles. The number of nitrogens with zero attached hydrogens (tertiary/aromatic N) is 1. The van der Waals surface area contributed by atoms with Gasteiger partial charge in [-0.15, -0.1) is 0 Å². The number of carboxylic acid groups (broad SMARTS) is 1. The summed E-state index contributed by atoms with van der Waals surface area (Å²) in [6, 6.07) is 2.73. The van der Waals surface area contributed by atoms with Crippen molar-refractivity contribution in [1.29, 1.82) is 0 Å². The number of carbonyl (C=O) groups is 2. The lowest BCUT2D eigenvalue weighted by Crippen LogP contribution is -2.42. The highest BCUT2D eigenvalue weighted by Crippen LogP contribution is 2.28. The van der Waals surface area contributed by atoms with E-state index in [-0.39, 0.29) is 23.5 Å². The van der Waals surface area contributed by atoms with Gasteiger partial charge in [-0.2, -0.15) is 0 Å². The number of carbonyl (C=O) groups excluding carboxylic acids is 1. The van der Waals surface area contributed by atoms with Gasteiger partial charge in [0.1, 0.15) is 5.69 Å². The molecule has 0 heterocycles. The number of carboxylic acids is 1. The lowest BCUT2D eigenvalue weighted by atomic mass is 9.82. The van der Waals surface area contributed by atoms with E-state index in [9.17, 15) is 24.8 Å². The number of amides is 1. The van der Waals surface area contributed by atoms with Gasteiger partial charge in [0.05, 0.1) is 15.9 Å². The molecule has 1 rings (SSSR count). The number of nitrogen functional groups attached to an aromatic ring is 1. The highest BCUT2D eigenvalue weighted by atomic mass is 16.6. The van der Waals surface area contributed by atoms with Gasteiger partial charge in [0.15, 0.2) is 0 Å². The van der Waals surface area contributed by atoms with Crippen LogP contribution >= 0.6 is 0 Å². The number of nitrogens with one attached hydrogen (secondary N) is 1. The van der Waals surface area contributed by atoms with Crippen LogP contribution in [-0.4, -0.2) is 28.5 Å². The van der Waals surface area contributed by atoms with Crippen LogP contribution < -0.4 is 11.1 Å². The van der Waals surface area contributed by atoms with Crippen LogP contribution in [-0.2, 0) is 4.79 Å². The van der Waals surface area contributed by atoms with Crippen molar-refractivity contribution >= 4 is 23.3 Å². The maximum absolute atomic E-state index is 12.3. The normalized spacial score (nSPS) is 11.1. The molecule has 0 fully saturated rings. The average molecular weight is 323 g/mol. The summed E-state index contributed by atoms with van der Waals surface area (Å²) in [5.74, 6) is -1.62. The van der Waals surface area contributed by atoms with Gasteiger partial charge in [-0.1, -0.05) is 13.8 Å². The van der Waals surface area contributed by atoms with Crippen molar-refractivity contribution in [2.24, 2.45) is 5.41 Å². The summed E-state index contributed by atoms with van der Waals surface area (Å²) in [7, 11) is 0. The summed E-state index contributed by atoms with van der Waals surface area (Å²) >= 11 is 0. The Morgan fingerprint density at radius 3 is 2.35 bits per heavy atom. The van der Waals surface area contributed by atoms with Gasteiger partial charge in [0.25, 0.3) is 11.6 Å². The van der Waals surface area contributed by atoms with Crippen molar-refractivity contribution in [2.45, 2.75) is 33.6 Å². The molecule has 0 atom stereocenters. The molecular weight excluding hydrogens is 302 g/mol. The van der Waals surface area contributed by atoms with E-state index in [1.807, 2.05) is 0 Å². The number of nitrogens with two attached hydrogens (primary N) is 1. The highest BCUT2D eigenvalue weighted by Gasteiger charge is 2.35. The zero-order chi connectivity index (χ0) is 17.8. The first-order chi connectivity index (χ1) is 10.7. The molecule has 23 heavy (non-hydrogen) atoms. The first-order valence-electron chi connectivity index (χ1n) is 7.24. The molecule has 8 heteroatoms. The molecule has 0 aliphatic rings. The highest BCUT2D eigenvalue weighted by molar-refractivity contribution is 6.01. The van der Waals surface area contributed by atoms with E-state index >= 15 is 0 Å². The van der Waals surface area contributed by atoms with Crippen LogP contribution in [0.15, 0.2) is 12.1 Å². The van der Waals surface area contributed by atoms with Crippen molar-refractivity contribution in [3.8, 4) is 0 Å². The number of anilines is 1. The smallest absolute Gasteiger partial charge is 0.311 e. The molecule has 0 unspecified atom stereocenters. The predicted octanol–water partition coefficient (Wildman–Crippen LogP) is 2.11. The molecule has 1 aromatic carbocycles.